The molecule has 0 atom stereocenters. The van der Waals surface area contributed by atoms with Crippen LogP contribution in [0.3, 0.4) is 0 Å². The number of nitrogens with one attached hydrogen (secondary N) is 1. The molecule has 0 spiro atoms. The van der Waals surface area contributed by atoms with Crippen LogP contribution in [0.1, 0.15) is 11.1 Å². The van der Waals surface area contributed by atoms with Gasteiger partial charge in [-0.25, -0.2) is 8.42 Å². The molecular weight excluding hydrogens is 336 g/mol. The number of rotatable bonds is 2. The Morgan fingerprint density at radius 2 is 1.91 bits per heavy atom. The minimum atomic E-state index is -3.67. The van der Waals surface area contributed by atoms with Crippen LogP contribution in [0.15, 0.2) is 41.3 Å². The van der Waals surface area contributed by atoms with Gasteiger partial charge in [0.05, 0.1) is 17.0 Å². The Morgan fingerprint density at radius 1 is 1.09 bits per heavy atom. The van der Waals surface area contributed by atoms with Gasteiger partial charge in [-0.1, -0.05) is 17.7 Å². The van der Waals surface area contributed by atoms with Crippen LogP contribution in [-0.2, 0) is 27.7 Å². The number of fused-ring (bicyclic) bond motifs is 2. The number of amides is 1. The van der Waals surface area contributed by atoms with Crippen LogP contribution >= 0.6 is 11.6 Å². The van der Waals surface area contributed by atoms with Crippen LogP contribution in [0.2, 0.25) is 5.02 Å². The molecule has 4 rings (SSSR count). The van der Waals surface area contributed by atoms with Crippen molar-refractivity contribution >= 4 is 38.9 Å². The van der Waals surface area contributed by atoms with E-state index in [1.807, 2.05) is 6.07 Å². The molecule has 5 nitrogen and oxygen atoms in total. The lowest BCUT2D eigenvalue weighted by Gasteiger charge is -2.20. The van der Waals surface area contributed by atoms with Crippen LogP contribution in [0, 0.1) is 0 Å². The molecule has 1 amide bonds. The van der Waals surface area contributed by atoms with Crippen molar-refractivity contribution < 1.29 is 13.2 Å². The van der Waals surface area contributed by atoms with Gasteiger partial charge in [-0.3, -0.25) is 9.10 Å². The minimum Gasteiger partial charge on any atom is -0.326 e. The fraction of sp³-hybridized carbons (Fsp3) is 0.188. The third kappa shape index (κ3) is 2.29. The van der Waals surface area contributed by atoms with Gasteiger partial charge >= 0.3 is 0 Å². The molecule has 0 fully saturated rings. The van der Waals surface area contributed by atoms with Crippen LogP contribution in [0.25, 0.3) is 0 Å². The lowest BCUT2D eigenvalue weighted by molar-refractivity contribution is -0.115. The third-order valence-electron chi connectivity index (χ3n) is 4.19. The molecule has 0 aliphatic carbocycles. The number of halogens is 1. The molecule has 2 aliphatic rings. The number of hydrogen-bond acceptors (Lipinski definition) is 3. The average Bonchev–Trinajstić information content (AvgIpc) is 3.08. The second-order valence-electron chi connectivity index (χ2n) is 5.64. The molecule has 0 radical (unpaired) electrons. The van der Waals surface area contributed by atoms with E-state index in [9.17, 15) is 13.2 Å². The summed E-state index contributed by atoms with van der Waals surface area (Å²) in [4.78, 5) is 11.6. The maximum Gasteiger partial charge on any atom is 0.264 e. The molecule has 0 bridgehead atoms. The molecule has 2 aliphatic heterocycles. The summed E-state index contributed by atoms with van der Waals surface area (Å²) in [5, 5.41) is 3.21. The maximum absolute atomic E-state index is 13.0. The van der Waals surface area contributed by atoms with Crippen molar-refractivity contribution in [1.82, 2.24) is 0 Å². The highest BCUT2D eigenvalue weighted by molar-refractivity contribution is 7.92. The zero-order valence-electron chi connectivity index (χ0n) is 12.0. The molecule has 118 valence electrons. The van der Waals surface area contributed by atoms with E-state index in [1.54, 1.807) is 24.3 Å². The van der Waals surface area contributed by atoms with E-state index < -0.39 is 10.0 Å². The van der Waals surface area contributed by atoms with E-state index in [4.69, 9.17) is 11.6 Å². The Hall–Kier alpha value is -2.05. The van der Waals surface area contributed by atoms with Crippen molar-refractivity contribution in [2.24, 2.45) is 0 Å². The first-order valence-corrected chi connectivity index (χ1v) is 9.01. The van der Waals surface area contributed by atoms with Crippen molar-refractivity contribution in [1.29, 1.82) is 0 Å². The molecule has 0 saturated heterocycles. The summed E-state index contributed by atoms with van der Waals surface area (Å²) in [5.74, 6) is -0.118. The third-order valence-corrected chi connectivity index (χ3v) is 6.23. The Morgan fingerprint density at radius 3 is 2.74 bits per heavy atom. The molecule has 1 N–H and O–H groups in total. The van der Waals surface area contributed by atoms with Crippen molar-refractivity contribution in [2.45, 2.75) is 17.7 Å². The van der Waals surface area contributed by atoms with Crippen LogP contribution in [-0.4, -0.2) is 20.9 Å². The van der Waals surface area contributed by atoms with Crippen molar-refractivity contribution in [3.63, 3.8) is 0 Å². The van der Waals surface area contributed by atoms with E-state index in [1.165, 1.54) is 10.4 Å². The lowest BCUT2D eigenvalue weighted by Crippen LogP contribution is -2.29. The topological polar surface area (TPSA) is 66.5 Å². The molecule has 2 aromatic carbocycles. The van der Waals surface area contributed by atoms with Gasteiger partial charge in [-0.2, -0.15) is 0 Å². The number of carbonyl (C=O) groups excluding carboxylic acids is 1. The Kier molecular flexibility index (Phi) is 3.14. The first-order chi connectivity index (χ1) is 10.9. The molecule has 2 aromatic rings. The Bertz CT molecular complexity index is 940. The van der Waals surface area contributed by atoms with Gasteiger partial charge in [0.25, 0.3) is 10.0 Å². The van der Waals surface area contributed by atoms with E-state index in [2.05, 4.69) is 5.32 Å². The number of benzene rings is 2. The largest absolute Gasteiger partial charge is 0.326 e. The average molecular weight is 349 g/mol. The number of nitrogens with zero attached hydrogens (tertiary/aromatic N) is 1. The van der Waals surface area contributed by atoms with Gasteiger partial charge in [-0.15, -0.1) is 0 Å². The van der Waals surface area contributed by atoms with E-state index >= 15 is 0 Å². The molecule has 23 heavy (non-hydrogen) atoms. The predicted octanol–water partition coefficient (Wildman–Crippen LogP) is 2.59. The van der Waals surface area contributed by atoms with Crippen molar-refractivity contribution in [2.75, 3.05) is 16.2 Å². The fourth-order valence-electron chi connectivity index (χ4n) is 3.07. The van der Waals surface area contributed by atoms with Crippen LogP contribution in [0.5, 0.6) is 0 Å². The predicted molar refractivity (Wildman–Crippen MR) is 88.5 cm³/mol. The summed E-state index contributed by atoms with van der Waals surface area (Å²) in [6.07, 6.45) is 0.873. The monoisotopic (exact) mass is 348 g/mol. The summed E-state index contributed by atoms with van der Waals surface area (Å²) >= 11 is 6.01. The standard InChI is InChI=1S/C16H13ClN2O3S/c17-12-2-1-10-5-6-19(15(10)9-12)23(21,22)13-3-4-14-11(7-13)8-16(20)18-14/h1-4,7,9H,5-6,8H2,(H,18,20). The van der Waals surface area contributed by atoms with Gasteiger partial charge in [0.2, 0.25) is 5.91 Å². The second kappa shape index (κ2) is 4.97. The summed E-state index contributed by atoms with van der Waals surface area (Å²) in [6, 6.07) is 10.1. The molecular formula is C16H13ClN2O3S. The highest BCUT2D eigenvalue weighted by atomic mass is 35.5. The Balaban J connectivity index is 1.77. The minimum absolute atomic E-state index is 0.118. The number of sulfonamides is 1. The van der Waals surface area contributed by atoms with E-state index in [0.717, 1.165) is 5.56 Å². The SMILES string of the molecule is O=C1Cc2cc(S(=O)(=O)N3CCc4ccc(Cl)cc43)ccc2N1. The molecule has 2 heterocycles. The number of anilines is 2. The lowest BCUT2D eigenvalue weighted by atomic mass is 10.2. The molecule has 0 aromatic heterocycles. The summed E-state index contributed by atoms with van der Waals surface area (Å²) in [6.45, 7) is 0.395. The Labute approximate surface area is 138 Å². The van der Waals surface area contributed by atoms with Gasteiger partial charge in [-0.05, 0) is 47.9 Å². The normalized spacial score (nSPS) is 16.2. The second-order valence-corrected chi connectivity index (χ2v) is 7.94. The number of hydrogen-bond donors (Lipinski definition) is 1. The van der Waals surface area contributed by atoms with Gasteiger partial charge in [0.1, 0.15) is 0 Å². The van der Waals surface area contributed by atoms with E-state index in [0.29, 0.717) is 34.9 Å². The highest BCUT2D eigenvalue weighted by Gasteiger charge is 2.32. The quantitative estimate of drug-likeness (QED) is 0.907. The zero-order valence-corrected chi connectivity index (χ0v) is 13.6. The maximum atomic E-state index is 13.0. The highest BCUT2D eigenvalue weighted by Crippen LogP contribution is 2.36. The van der Waals surface area contributed by atoms with Crippen LogP contribution in [0.4, 0.5) is 11.4 Å². The zero-order chi connectivity index (χ0) is 16.2. The van der Waals surface area contributed by atoms with Gasteiger partial charge in [0.15, 0.2) is 0 Å². The van der Waals surface area contributed by atoms with Crippen LogP contribution < -0.4 is 9.62 Å². The summed E-state index contributed by atoms with van der Waals surface area (Å²) in [7, 11) is -3.67. The number of carbonyl (C=O) groups is 1. The molecule has 0 saturated carbocycles. The molecule has 7 heteroatoms. The van der Waals surface area contributed by atoms with Crippen molar-refractivity contribution in [3.05, 3.63) is 52.5 Å². The first-order valence-electron chi connectivity index (χ1n) is 7.19. The molecule has 0 unspecified atom stereocenters. The first kappa shape index (κ1) is 14.5. The summed E-state index contributed by atoms with van der Waals surface area (Å²) < 4.78 is 27.3. The van der Waals surface area contributed by atoms with Crippen molar-refractivity contribution in [3.8, 4) is 0 Å². The smallest absolute Gasteiger partial charge is 0.264 e. The fourth-order valence-corrected chi connectivity index (χ4v) is 4.78. The van der Waals surface area contributed by atoms with Gasteiger partial charge in [0, 0.05) is 17.3 Å². The van der Waals surface area contributed by atoms with Gasteiger partial charge < -0.3 is 5.32 Å². The van der Waals surface area contributed by atoms with E-state index in [-0.39, 0.29) is 17.2 Å². The summed E-state index contributed by atoms with van der Waals surface area (Å²) in [5.41, 5.74) is 2.99.